The van der Waals surface area contributed by atoms with Crippen LogP contribution < -0.4 is 0 Å². The number of carbonyl (C=O) groups excluding carboxylic acids is 1. The van der Waals surface area contributed by atoms with Crippen LogP contribution in [-0.4, -0.2) is 23.3 Å². The summed E-state index contributed by atoms with van der Waals surface area (Å²) in [6.45, 7) is 3.16. The van der Waals surface area contributed by atoms with Gasteiger partial charge in [0.05, 0.1) is 0 Å². The largest absolute Gasteiger partial charge is 0.300 e. The summed E-state index contributed by atoms with van der Waals surface area (Å²) in [5.74, 6) is 0.440. The van der Waals surface area contributed by atoms with E-state index in [0.717, 1.165) is 19.4 Å². The highest BCUT2D eigenvalue weighted by Crippen LogP contribution is 2.39. The number of hydrogen-bond acceptors (Lipinski definition) is 3. The molecule has 2 atom stereocenters. The highest BCUT2D eigenvalue weighted by molar-refractivity contribution is 7.10. The Morgan fingerprint density at radius 3 is 3.12 bits per heavy atom. The summed E-state index contributed by atoms with van der Waals surface area (Å²) >= 11 is 1.90. The third kappa shape index (κ3) is 2.06. The summed E-state index contributed by atoms with van der Waals surface area (Å²) in [4.78, 5) is 15.6. The first-order valence-corrected chi connectivity index (χ1v) is 7.47. The summed E-state index contributed by atoms with van der Waals surface area (Å²) in [6.07, 6.45) is 5.32. The number of aryl methyl sites for hydroxylation is 1. The minimum absolute atomic E-state index is 0.423. The predicted octanol–water partition coefficient (Wildman–Crippen LogP) is 3.18. The average Bonchev–Trinajstić information content (AvgIpc) is 2.77. The molecule has 0 spiro atoms. The van der Waals surface area contributed by atoms with E-state index in [1.54, 1.807) is 10.4 Å². The van der Waals surface area contributed by atoms with Crippen LogP contribution in [0.15, 0.2) is 11.4 Å². The van der Waals surface area contributed by atoms with Crippen LogP contribution in [0.2, 0.25) is 0 Å². The first-order valence-electron chi connectivity index (χ1n) is 6.59. The number of fused-ring (bicyclic) bond motifs is 1. The van der Waals surface area contributed by atoms with Gasteiger partial charge in [0.25, 0.3) is 0 Å². The zero-order valence-electron chi connectivity index (χ0n) is 10.3. The molecule has 0 saturated carbocycles. The molecular weight excluding hydrogens is 230 g/mol. The molecule has 2 nitrogen and oxygen atoms in total. The number of nitrogens with zero attached hydrogens (tertiary/aromatic N) is 1. The van der Waals surface area contributed by atoms with Gasteiger partial charge in [-0.25, -0.2) is 0 Å². The molecule has 17 heavy (non-hydrogen) atoms. The van der Waals surface area contributed by atoms with Gasteiger partial charge in [0.2, 0.25) is 0 Å². The van der Waals surface area contributed by atoms with Crippen molar-refractivity contribution in [2.24, 2.45) is 0 Å². The molecular formula is C14H19NOS. The third-order valence-corrected chi connectivity index (χ3v) is 5.16. The van der Waals surface area contributed by atoms with Crippen molar-refractivity contribution in [3.05, 3.63) is 21.9 Å². The molecule has 2 aliphatic rings. The van der Waals surface area contributed by atoms with Crippen molar-refractivity contribution in [2.45, 2.75) is 51.1 Å². The van der Waals surface area contributed by atoms with Crippen molar-refractivity contribution in [2.75, 3.05) is 6.54 Å². The summed E-state index contributed by atoms with van der Waals surface area (Å²) in [5.41, 5.74) is 1.54. The van der Waals surface area contributed by atoms with E-state index in [1.807, 2.05) is 11.3 Å². The highest BCUT2D eigenvalue weighted by Gasteiger charge is 2.32. The topological polar surface area (TPSA) is 20.3 Å². The Labute approximate surface area is 107 Å². The maximum atomic E-state index is 11.5. The van der Waals surface area contributed by atoms with E-state index in [0.29, 0.717) is 17.9 Å². The van der Waals surface area contributed by atoms with Gasteiger partial charge in [-0.3, -0.25) is 9.69 Å². The number of likely N-dealkylation sites (tertiary alicyclic amines) is 1. The lowest BCUT2D eigenvalue weighted by Gasteiger charge is -2.41. The summed E-state index contributed by atoms with van der Waals surface area (Å²) < 4.78 is 0. The Hall–Kier alpha value is -0.670. The van der Waals surface area contributed by atoms with Crippen molar-refractivity contribution < 1.29 is 4.79 Å². The molecule has 1 aromatic rings. The van der Waals surface area contributed by atoms with Crippen LogP contribution in [0.25, 0.3) is 0 Å². The van der Waals surface area contributed by atoms with Crippen LogP contribution in [0.4, 0.5) is 0 Å². The van der Waals surface area contributed by atoms with E-state index in [1.165, 1.54) is 19.3 Å². The highest BCUT2D eigenvalue weighted by atomic mass is 32.1. The number of rotatable bonds is 1. The zero-order valence-corrected chi connectivity index (χ0v) is 11.1. The van der Waals surface area contributed by atoms with Crippen LogP contribution in [0.3, 0.4) is 0 Å². The monoisotopic (exact) mass is 249 g/mol. The first kappa shape index (κ1) is 11.4. The van der Waals surface area contributed by atoms with Gasteiger partial charge in [-0.2, -0.15) is 0 Å². The molecule has 0 radical (unpaired) electrons. The molecule has 2 heterocycles. The maximum Gasteiger partial charge on any atom is 0.135 e. The van der Waals surface area contributed by atoms with Gasteiger partial charge in [0.1, 0.15) is 5.78 Å². The molecule has 1 aromatic heterocycles. The first-order chi connectivity index (χ1) is 8.25. The van der Waals surface area contributed by atoms with Gasteiger partial charge >= 0.3 is 0 Å². The van der Waals surface area contributed by atoms with Crippen LogP contribution in [0, 0.1) is 0 Å². The normalized spacial score (nSPS) is 30.3. The molecule has 3 rings (SSSR count). The SMILES string of the molecule is CC1CC(=O)CCN1C1CCCc2sccc21. The van der Waals surface area contributed by atoms with Gasteiger partial charge in [-0.15, -0.1) is 11.3 Å². The van der Waals surface area contributed by atoms with Crippen LogP contribution in [0.1, 0.15) is 49.1 Å². The van der Waals surface area contributed by atoms with Crippen LogP contribution in [0.5, 0.6) is 0 Å². The summed E-state index contributed by atoms with van der Waals surface area (Å²) in [6, 6.07) is 3.30. The Morgan fingerprint density at radius 2 is 2.29 bits per heavy atom. The van der Waals surface area contributed by atoms with E-state index in [-0.39, 0.29) is 0 Å². The minimum Gasteiger partial charge on any atom is -0.300 e. The molecule has 3 heteroatoms. The second kappa shape index (κ2) is 4.54. The van der Waals surface area contributed by atoms with Gasteiger partial charge < -0.3 is 0 Å². The number of carbonyl (C=O) groups is 1. The van der Waals surface area contributed by atoms with E-state index in [2.05, 4.69) is 23.3 Å². The number of piperidine rings is 1. The molecule has 2 unspecified atom stereocenters. The fourth-order valence-corrected chi connectivity index (χ4v) is 4.27. The van der Waals surface area contributed by atoms with Crippen LogP contribution in [-0.2, 0) is 11.2 Å². The van der Waals surface area contributed by atoms with E-state index in [9.17, 15) is 4.79 Å². The molecule has 1 aliphatic carbocycles. The summed E-state index contributed by atoms with van der Waals surface area (Å²) in [5, 5.41) is 2.22. The van der Waals surface area contributed by atoms with E-state index in [4.69, 9.17) is 0 Å². The molecule has 0 aromatic carbocycles. The molecule has 0 amide bonds. The van der Waals surface area contributed by atoms with Crippen molar-refractivity contribution >= 4 is 17.1 Å². The third-order valence-electron chi connectivity index (χ3n) is 4.16. The zero-order chi connectivity index (χ0) is 11.8. The number of hydrogen-bond donors (Lipinski definition) is 0. The van der Waals surface area contributed by atoms with Crippen LogP contribution >= 0.6 is 11.3 Å². The Bertz CT molecular complexity index is 426. The van der Waals surface area contributed by atoms with Crippen molar-refractivity contribution in [1.29, 1.82) is 0 Å². The lowest BCUT2D eigenvalue weighted by atomic mass is 9.89. The van der Waals surface area contributed by atoms with Gasteiger partial charge in [-0.1, -0.05) is 0 Å². The van der Waals surface area contributed by atoms with Gasteiger partial charge in [0, 0.05) is 36.3 Å². The maximum absolute atomic E-state index is 11.5. The average molecular weight is 249 g/mol. The second-order valence-electron chi connectivity index (χ2n) is 5.29. The van der Waals surface area contributed by atoms with Crippen molar-refractivity contribution in [3.63, 3.8) is 0 Å². The minimum atomic E-state index is 0.423. The molecule has 1 aliphatic heterocycles. The number of ketones is 1. The number of Topliss-reactive ketones (excluding diaryl/α,β-unsaturated/α-hetero) is 1. The van der Waals surface area contributed by atoms with Gasteiger partial charge in [-0.05, 0) is 43.2 Å². The quantitative estimate of drug-likeness (QED) is 0.762. The fraction of sp³-hybridized carbons (Fsp3) is 0.643. The molecule has 1 saturated heterocycles. The van der Waals surface area contributed by atoms with Gasteiger partial charge in [0.15, 0.2) is 0 Å². The fourth-order valence-electron chi connectivity index (χ4n) is 3.29. The molecule has 1 fully saturated rings. The molecule has 92 valence electrons. The Balaban J connectivity index is 1.84. The lowest BCUT2D eigenvalue weighted by Crippen LogP contribution is -2.43. The van der Waals surface area contributed by atoms with E-state index < -0.39 is 0 Å². The standard InChI is InChI=1S/C14H19NOS/c1-10-9-11(16)5-7-15(10)13-3-2-4-14-12(13)6-8-17-14/h6,8,10,13H,2-5,7,9H2,1H3. The Morgan fingerprint density at radius 1 is 1.41 bits per heavy atom. The smallest absolute Gasteiger partial charge is 0.135 e. The predicted molar refractivity (Wildman–Crippen MR) is 70.4 cm³/mol. The van der Waals surface area contributed by atoms with Crippen molar-refractivity contribution in [3.8, 4) is 0 Å². The van der Waals surface area contributed by atoms with Crippen molar-refractivity contribution in [1.82, 2.24) is 4.90 Å². The number of thiophene rings is 1. The lowest BCUT2D eigenvalue weighted by molar-refractivity contribution is -0.123. The Kier molecular flexibility index (Phi) is 3.05. The molecule has 0 bridgehead atoms. The molecule has 0 N–H and O–H groups in total. The van der Waals surface area contributed by atoms with E-state index >= 15 is 0 Å². The summed E-state index contributed by atoms with van der Waals surface area (Å²) in [7, 11) is 0. The second-order valence-corrected chi connectivity index (χ2v) is 6.29.